The molecule has 0 fully saturated rings. The molecule has 0 aromatic carbocycles. The van der Waals surface area contributed by atoms with Crippen molar-refractivity contribution in [2.45, 2.75) is 33.2 Å². The molecule has 4 rings (SSSR count). The van der Waals surface area contributed by atoms with E-state index in [1.807, 2.05) is 18.7 Å². The molecule has 12 nitrogen and oxygen atoms in total. The average Bonchev–Trinajstić information content (AvgIpc) is 3.42. The van der Waals surface area contributed by atoms with Gasteiger partial charge in [0.15, 0.2) is 23.6 Å². The van der Waals surface area contributed by atoms with E-state index in [9.17, 15) is 9.59 Å². The number of thioether (sulfide) groups is 1. The number of imidazole rings is 1. The number of aromatic nitrogens is 8. The van der Waals surface area contributed by atoms with Gasteiger partial charge in [0.1, 0.15) is 18.0 Å². The standard InChI is InChI=1S/C21H26N10O2S2/c1-13-16(35-12-30(13)10-15-9-24-14(2)26-18(15)22)5-8-34-7-4-6-23-20(32)17-19-27-28-29(3)21(33)31(19)11-25-17/h9,11-12H,4-8,10H2,1-3H3,(H2-,22,23,24,26,32)/p+1. The van der Waals surface area contributed by atoms with E-state index in [1.54, 1.807) is 17.5 Å². The van der Waals surface area contributed by atoms with Crippen molar-refractivity contribution in [3.63, 3.8) is 0 Å². The number of thiazole rings is 1. The van der Waals surface area contributed by atoms with Crippen molar-refractivity contribution in [2.75, 3.05) is 23.8 Å². The molecule has 14 heteroatoms. The van der Waals surface area contributed by atoms with Gasteiger partial charge in [0, 0.05) is 26.7 Å². The van der Waals surface area contributed by atoms with Crippen molar-refractivity contribution in [3.05, 3.63) is 56.2 Å². The molecule has 0 aliphatic rings. The summed E-state index contributed by atoms with van der Waals surface area (Å²) in [6, 6.07) is 0. The van der Waals surface area contributed by atoms with E-state index < -0.39 is 5.69 Å². The van der Waals surface area contributed by atoms with Crippen LogP contribution in [0, 0.1) is 13.8 Å². The molecule has 4 heterocycles. The Balaban J connectivity index is 1.18. The third-order valence-electron chi connectivity index (χ3n) is 5.45. The predicted octanol–water partition coefficient (Wildman–Crippen LogP) is 0.305. The lowest BCUT2D eigenvalue weighted by Crippen LogP contribution is -2.35. The highest BCUT2D eigenvalue weighted by Gasteiger charge is 2.18. The normalized spacial score (nSPS) is 11.3. The van der Waals surface area contributed by atoms with E-state index in [0.717, 1.165) is 34.6 Å². The maximum absolute atomic E-state index is 12.4. The molecule has 0 aliphatic carbocycles. The number of rotatable bonds is 10. The molecule has 0 unspecified atom stereocenters. The lowest BCUT2D eigenvalue weighted by molar-refractivity contribution is -0.689. The fraction of sp³-hybridized carbons (Fsp3) is 0.429. The Kier molecular flexibility index (Phi) is 7.70. The van der Waals surface area contributed by atoms with Crippen LogP contribution in [-0.2, 0) is 20.0 Å². The monoisotopic (exact) mass is 515 g/mol. The van der Waals surface area contributed by atoms with Gasteiger partial charge in [-0.15, -0.1) is 5.10 Å². The number of amides is 1. The summed E-state index contributed by atoms with van der Waals surface area (Å²) in [7, 11) is 1.49. The van der Waals surface area contributed by atoms with Gasteiger partial charge in [-0.05, 0) is 31.3 Å². The summed E-state index contributed by atoms with van der Waals surface area (Å²) < 4.78 is 4.47. The third-order valence-corrected chi connectivity index (χ3v) is 7.67. The molecule has 0 spiro atoms. The molecule has 184 valence electrons. The number of carbonyl (C=O) groups is 1. The molecule has 35 heavy (non-hydrogen) atoms. The second-order valence-electron chi connectivity index (χ2n) is 7.94. The quantitative estimate of drug-likeness (QED) is 0.225. The van der Waals surface area contributed by atoms with Gasteiger partial charge in [-0.25, -0.2) is 24.1 Å². The maximum Gasteiger partial charge on any atom is 0.352 e. The molecule has 3 N–H and O–H groups in total. The van der Waals surface area contributed by atoms with Crippen LogP contribution in [0.2, 0.25) is 0 Å². The first-order chi connectivity index (χ1) is 16.8. The lowest BCUT2D eigenvalue weighted by Gasteiger charge is -2.04. The number of anilines is 1. The van der Waals surface area contributed by atoms with Gasteiger partial charge in [-0.2, -0.15) is 21.0 Å². The van der Waals surface area contributed by atoms with E-state index in [1.165, 1.54) is 28.3 Å². The Bertz CT molecular complexity index is 1410. The molecule has 1 amide bonds. The van der Waals surface area contributed by atoms with Crippen LogP contribution >= 0.6 is 23.1 Å². The van der Waals surface area contributed by atoms with E-state index >= 15 is 0 Å². The molecule has 0 bridgehead atoms. The zero-order valence-corrected chi connectivity index (χ0v) is 21.4. The average molecular weight is 516 g/mol. The van der Waals surface area contributed by atoms with Crippen molar-refractivity contribution in [2.24, 2.45) is 7.05 Å². The van der Waals surface area contributed by atoms with E-state index in [-0.39, 0.29) is 17.2 Å². The molecule has 0 radical (unpaired) electrons. The van der Waals surface area contributed by atoms with Gasteiger partial charge in [0.25, 0.3) is 5.91 Å². The molecule has 4 aromatic rings. The van der Waals surface area contributed by atoms with E-state index in [2.05, 4.69) is 47.6 Å². The van der Waals surface area contributed by atoms with Gasteiger partial charge >= 0.3 is 5.69 Å². The second-order valence-corrected chi connectivity index (χ2v) is 10.1. The Morgan fingerprint density at radius 3 is 2.91 bits per heavy atom. The summed E-state index contributed by atoms with van der Waals surface area (Å²) in [4.78, 5) is 38.3. The first-order valence-electron chi connectivity index (χ1n) is 11.0. The van der Waals surface area contributed by atoms with Gasteiger partial charge in [-0.1, -0.05) is 16.6 Å². The topological polar surface area (TPSA) is 150 Å². The van der Waals surface area contributed by atoms with Gasteiger partial charge < -0.3 is 11.1 Å². The van der Waals surface area contributed by atoms with Crippen LogP contribution in [0.3, 0.4) is 0 Å². The van der Waals surface area contributed by atoms with Gasteiger partial charge in [0.05, 0.1) is 10.4 Å². The zero-order valence-electron chi connectivity index (χ0n) is 19.8. The fourth-order valence-corrected chi connectivity index (χ4v) is 5.46. The van der Waals surface area contributed by atoms with Crippen molar-refractivity contribution in [1.82, 2.24) is 39.7 Å². The van der Waals surface area contributed by atoms with Crippen LogP contribution < -0.4 is 21.3 Å². The lowest BCUT2D eigenvalue weighted by atomic mass is 10.2. The first kappa shape index (κ1) is 24.7. The van der Waals surface area contributed by atoms with Gasteiger partial charge in [0.2, 0.25) is 5.51 Å². The Morgan fingerprint density at radius 1 is 1.29 bits per heavy atom. The molecule has 0 aliphatic heterocycles. The van der Waals surface area contributed by atoms with Crippen molar-refractivity contribution in [3.8, 4) is 0 Å². The number of hydrogen-bond acceptors (Lipinski definition) is 10. The number of hydrogen-bond donors (Lipinski definition) is 2. The number of carbonyl (C=O) groups excluding carboxylic acids is 1. The van der Waals surface area contributed by atoms with Crippen molar-refractivity contribution >= 4 is 40.5 Å². The number of fused-ring (bicyclic) bond motifs is 1. The summed E-state index contributed by atoms with van der Waals surface area (Å²) in [5, 5.41) is 10.4. The Morgan fingerprint density at radius 2 is 2.11 bits per heavy atom. The number of nitrogens with zero attached hydrogens (tertiary/aromatic N) is 8. The van der Waals surface area contributed by atoms with Crippen LogP contribution in [0.25, 0.3) is 5.65 Å². The first-order valence-corrected chi connectivity index (χ1v) is 13.1. The summed E-state index contributed by atoms with van der Waals surface area (Å²) >= 11 is 3.59. The third kappa shape index (κ3) is 5.65. The minimum atomic E-state index is -0.405. The SMILES string of the molecule is Cc1ncc(C[n+]2csc(CCSCCCNC(=O)c3ncn4c(=O)n(C)nnc34)c2C)c(N)n1. The number of nitrogens with one attached hydrogen (secondary N) is 1. The van der Waals surface area contributed by atoms with Crippen LogP contribution in [0.4, 0.5) is 5.82 Å². The van der Waals surface area contributed by atoms with E-state index in [4.69, 9.17) is 5.73 Å². The maximum atomic E-state index is 12.4. The highest BCUT2D eigenvalue weighted by atomic mass is 32.2. The van der Waals surface area contributed by atoms with Gasteiger partial charge in [-0.3, -0.25) is 4.79 Å². The van der Waals surface area contributed by atoms with Crippen LogP contribution in [0.15, 0.2) is 22.8 Å². The number of aryl methyl sites for hydroxylation is 3. The second kappa shape index (κ2) is 10.9. The van der Waals surface area contributed by atoms with Crippen molar-refractivity contribution < 1.29 is 9.36 Å². The Hall–Kier alpha value is -3.39. The highest BCUT2D eigenvalue weighted by molar-refractivity contribution is 7.99. The van der Waals surface area contributed by atoms with Crippen LogP contribution in [0.5, 0.6) is 0 Å². The van der Waals surface area contributed by atoms with Crippen molar-refractivity contribution in [1.29, 1.82) is 0 Å². The highest BCUT2D eigenvalue weighted by Crippen LogP contribution is 2.16. The minimum Gasteiger partial charge on any atom is -0.383 e. The Labute approximate surface area is 209 Å². The zero-order chi connectivity index (χ0) is 24.9. The predicted molar refractivity (Wildman–Crippen MR) is 134 cm³/mol. The molecule has 0 saturated carbocycles. The van der Waals surface area contributed by atoms with E-state index in [0.29, 0.717) is 24.7 Å². The molecule has 0 atom stereocenters. The molecule has 0 saturated heterocycles. The fourth-order valence-electron chi connectivity index (χ4n) is 3.43. The molecular weight excluding hydrogens is 488 g/mol. The number of nitrogens with two attached hydrogens (primary N) is 1. The largest absolute Gasteiger partial charge is 0.383 e. The number of nitrogen functional groups attached to an aromatic ring is 1. The van der Waals surface area contributed by atoms with Crippen LogP contribution in [0.1, 0.15) is 38.9 Å². The van der Waals surface area contributed by atoms with Crippen LogP contribution in [-0.4, -0.2) is 58.3 Å². The summed E-state index contributed by atoms with van der Waals surface area (Å²) in [5.41, 5.74) is 10.1. The summed E-state index contributed by atoms with van der Waals surface area (Å²) in [6.07, 6.45) is 4.89. The summed E-state index contributed by atoms with van der Waals surface area (Å²) in [5.74, 6) is 2.76. The summed E-state index contributed by atoms with van der Waals surface area (Å²) in [6.45, 7) is 5.12. The molecule has 4 aromatic heterocycles. The minimum absolute atomic E-state index is 0.100. The smallest absolute Gasteiger partial charge is 0.352 e. The molecular formula is C21H27N10O2S2+.